The zero-order chi connectivity index (χ0) is 20.5. The first-order chi connectivity index (χ1) is 13.0. The number of amides is 1. The third-order valence-electron chi connectivity index (χ3n) is 3.95. The molecule has 3 heterocycles. The van der Waals surface area contributed by atoms with Gasteiger partial charge in [-0.3, -0.25) is 4.79 Å². The van der Waals surface area contributed by atoms with Gasteiger partial charge in [0, 0.05) is 23.5 Å². The molecule has 1 aromatic rings. The van der Waals surface area contributed by atoms with Crippen molar-refractivity contribution in [2.24, 2.45) is 0 Å². The molecule has 0 spiro atoms. The Morgan fingerprint density at radius 3 is 2.64 bits per heavy atom. The molecule has 2 aliphatic heterocycles. The van der Waals surface area contributed by atoms with Crippen LogP contribution in [-0.4, -0.2) is 45.3 Å². The van der Waals surface area contributed by atoms with Crippen LogP contribution in [-0.2, 0) is 4.79 Å². The van der Waals surface area contributed by atoms with Crippen LogP contribution in [0, 0.1) is 0 Å². The molecule has 0 fully saturated rings. The summed E-state index contributed by atoms with van der Waals surface area (Å²) in [6, 6.07) is 0. The van der Waals surface area contributed by atoms with Crippen molar-refractivity contribution in [1.29, 1.82) is 0 Å². The summed E-state index contributed by atoms with van der Waals surface area (Å²) in [7, 11) is 0. The first-order valence-electron chi connectivity index (χ1n) is 8.18. The first-order valence-corrected chi connectivity index (χ1v) is 8.18. The van der Waals surface area contributed by atoms with Gasteiger partial charge in [0.15, 0.2) is 5.82 Å². The van der Waals surface area contributed by atoms with Gasteiger partial charge in [-0.05, 0) is 19.9 Å². The fourth-order valence-corrected chi connectivity index (χ4v) is 2.57. The van der Waals surface area contributed by atoms with E-state index in [0.29, 0.717) is 11.1 Å². The van der Waals surface area contributed by atoms with Crippen molar-refractivity contribution in [3.63, 3.8) is 0 Å². The molecule has 1 atom stereocenters. The Bertz CT molecular complexity index is 876. The minimum absolute atomic E-state index is 0.0121. The fourth-order valence-electron chi connectivity index (χ4n) is 2.57. The molecule has 4 N–H and O–H groups in total. The van der Waals surface area contributed by atoms with E-state index in [-0.39, 0.29) is 17.9 Å². The quantitative estimate of drug-likeness (QED) is 0.554. The van der Waals surface area contributed by atoms with E-state index in [2.05, 4.69) is 30.9 Å². The van der Waals surface area contributed by atoms with Gasteiger partial charge in [-0.15, -0.1) is 0 Å². The summed E-state index contributed by atoms with van der Waals surface area (Å²) in [6.07, 6.45) is 0.503. The minimum atomic E-state index is -4.52. The third kappa shape index (κ3) is 4.38. The Morgan fingerprint density at radius 2 is 1.93 bits per heavy atom. The van der Waals surface area contributed by atoms with Crippen LogP contribution in [0.2, 0.25) is 0 Å². The number of carbonyl (C=O) groups excluding carboxylic acids is 1. The van der Waals surface area contributed by atoms with Crippen molar-refractivity contribution in [2.75, 3.05) is 11.9 Å². The normalized spacial score (nSPS) is 18.8. The predicted molar refractivity (Wildman–Crippen MR) is 91.9 cm³/mol. The van der Waals surface area contributed by atoms with Gasteiger partial charge in [0.2, 0.25) is 11.9 Å². The largest absolute Gasteiger partial charge is 0.405 e. The molecule has 2 aliphatic rings. The molecule has 12 heteroatoms. The van der Waals surface area contributed by atoms with E-state index >= 15 is 0 Å². The number of anilines is 1. The van der Waals surface area contributed by atoms with E-state index in [4.69, 9.17) is 0 Å². The monoisotopic (exact) mass is 399 g/mol. The lowest BCUT2D eigenvalue weighted by Gasteiger charge is -2.25. The number of carbonyl (C=O) groups is 1. The first kappa shape index (κ1) is 19.6. The molecule has 0 radical (unpaired) electrons. The Balaban J connectivity index is 1.75. The number of fused-ring (bicyclic) bond motifs is 1. The van der Waals surface area contributed by atoms with Gasteiger partial charge in [0.05, 0.1) is 0 Å². The molecule has 28 heavy (non-hydrogen) atoms. The van der Waals surface area contributed by atoms with Crippen molar-refractivity contribution in [3.05, 3.63) is 42.0 Å². The molecule has 0 saturated heterocycles. The van der Waals surface area contributed by atoms with Gasteiger partial charge in [0.25, 0.3) is 0 Å². The summed E-state index contributed by atoms with van der Waals surface area (Å²) in [5, 5.41) is 10.3. The lowest BCUT2D eigenvalue weighted by Crippen LogP contribution is -2.50. The second-order valence-corrected chi connectivity index (χ2v) is 6.63. The number of halogens is 4. The predicted octanol–water partition coefficient (Wildman–Crippen LogP) is 1.35. The van der Waals surface area contributed by atoms with E-state index in [0.717, 1.165) is 0 Å². The zero-order valence-electron chi connectivity index (χ0n) is 14.9. The maximum Gasteiger partial charge on any atom is 0.405 e. The molecule has 0 saturated carbocycles. The lowest BCUT2D eigenvalue weighted by atomic mass is 10.0. The number of allylic oxidation sites excluding steroid dienone is 2. The lowest BCUT2D eigenvalue weighted by molar-refractivity contribution is -0.140. The SMILES string of the molecule is CC(C)(Nc1ncnc(C2=CNC3NC=C(F)C=C23)n1)C(=O)NCC(F)(F)F. The van der Waals surface area contributed by atoms with E-state index < -0.39 is 30.0 Å². The summed E-state index contributed by atoms with van der Waals surface area (Å²) in [6.45, 7) is 1.34. The van der Waals surface area contributed by atoms with E-state index in [1.165, 1.54) is 32.5 Å². The highest BCUT2D eigenvalue weighted by atomic mass is 19.4. The second-order valence-electron chi connectivity index (χ2n) is 6.63. The molecule has 0 aliphatic carbocycles. The number of alkyl halides is 3. The van der Waals surface area contributed by atoms with Gasteiger partial charge >= 0.3 is 6.18 Å². The average Bonchev–Trinajstić information content (AvgIpc) is 3.01. The van der Waals surface area contributed by atoms with Gasteiger partial charge in [-0.2, -0.15) is 18.2 Å². The molecular formula is C16H17F4N7O. The van der Waals surface area contributed by atoms with Gasteiger partial charge < -0.3 is 21.3 Å². The second kappa shape index (κ2) is 7.09. The highest BCUT2D eigenvalue weighted by Crippen LogP contribution is 2.30. The van der Waals surface area contributed by atoms with Gasteiger partial charge in [0.1, 0.15) is 30.4 Å². The van der Waals surface area contributed by atoms with E-state index in [1.54, 1.807) is 6.20 Å². The number of nitrogens with one attached hydrogen (secondary N) is 4. The Hall–Kier alpha value is -3.18. The molecule has 0 aromatic carbocycles. The van der Waals surface area contributed by atoms with Gasteiger partial charge in [-0.1, -0.05) is 0 Å². The molecule has 3 rings (SSSR count). The van der Waals surface area contributed by atoms with Crippen molar-refractivity contribution < 1.29 is 22.4 Å². The van der Waals surface area contributed by atoms with Crippen LogP contribution in [0.3, 0.4) is 0 Å². The van der Waals surface area contributed by atoms with Crippen LogP contribution >= 0.6 is 0 Å². The minimum Gasteiger partial charge on any atom is -0.367 e. The molecular weight excluding hydrogens is 382 g/mol. The maximum atomic E-state index is 13.5. The van der Waals surface area contributed by atoms with Gasteiger partial charge in [-0.25, -0.2) is 14.4 Å². The Morgan fingerprint density at radius 1 is 1.21 bits per heavy atom. The van der Waals surface area contributed by atoms with Crippen molar-refractivity contribution in [3.8, 4) is 0 Å². The summed E-state index contributed by atoms with van der Waals surface area (Å²) in [4.78, 5) is 24.2. The Labute approximate surface area is 157 Å². The highest BCUT2D eigenvalue weighted by Gasteiger charge is 2.34. The van der Waals surface area contributed by atoms with E-state index in [1.807, 2.05) is 5.32 Å². The highest BCUT2D eigenvalue weighted by molar-refractivity contribution is 5.88. The smallest absolute Gasteiger partial charge is 0.367 e. The summed E-state index contributed by atoms with van der Waals surface area (Å²) >= 11 is 0. The molecule has 1 unspecified atom stereocenters. The molecule has 1 amide bonds. The number of hydrogen-bond donors (Lipinski definition) is 4. The van der Waals surface area contributed by atoms with Crippen LogP contribution < -0.4 is 21.3 Å². The number of dihydropyridines is 1. The molecule has 0 bridgehead atoms. The third-order valence-corrected chi connectivity index (χ3v) is 3.95. The van der Waals surface area contributed by atoms with Crippen LogP contribution in [0.15, 0.2) is 36.2 Å². The summed E-state index contributed by atoms with van der Waals surface area (Å²) in [5.41, 5.74) is -0.320. The zero-order valence-corrected chi connectivity index (χ0v) is 14.9. The molecule has 150 valence electrons. The van der Waals surface area contributed by atoms with Crippen molar-refractivity contribution in [2.45, 2.75) is 31.7 Å². The van der Waals surface area contributed by atoms with Crippen LogP contribution in [0.5, 0.6) is 0 Å². The molecule has 8 nitrogen and oxygen atoms in total. The number of hydrogen-bond acceptors (Lipinski definition) is 7. The standard InChI is InChI=1S/C16H17F4N7O/c1-15(2,13(28)23-6-16(18,19)20)27-14-25-7-24-12(26-14)10-5-22-11-9(10)3-8(17)4-21-11/h3-5,7,11,21-22H,6H2,1-2H3,(H,23,28)(H,24,25,26,27). The van der Waals surface area contributed by atoms with E-state index in [9.17, 15) is 22.4 Å². The maximum absolute atomic E-state index is 13.5. The van der Waals surface area contributed by atoms with Crippen LogP contribution in [0.4, 0.5) is 23.5 Å². The number of aromatic nitrogens is 3. The number of rotatable bonds is 5. The van der Waals surface area contributed by atoms with Crippen molar-refractivity contribution in [1.82, 2.24) is 30.9 Å². The fraction of sp³-hybridized carbons (Fsp3) is 0.375. The summed E-state index contributed by atoms with van der Waals surface area (Å²) in [5.74, 6) is -1.14. The number of nitrogens with zero attached hydrogens (tertiary/aromatic N) is 3. The van der Waals surface area contributed by atoms with Crippen LogP contribution in [0.1, 0.15) is 19.7 Å². The van der Waals surface area contributed by atoms with Crippen molar-refractivity contribution >= 4 is 17.4 Å². The summed E-state index contributed by atoms with van der Waals surface area (Å²) < 4.78 is 50.4. The average molecular weight is 399 g/mol. The van der Waals surface area contributed by atoms with Crippen LogP contribution in [0.25, 0.3) is 5.57 Å². The topological polar surface area (TPSA) is 104 Å². The molecule has 1 aromatic heterocycles. The Kier molecular flexibility index (Phi) is 4.96.